The predicted octanol–water partition coefficient (Wildman–Crippen LogP) is 1.43. The summed E-state index contributed by atoms with van der Waals surface area (Å²) in [5.74, 6) is -0.0525. The van der Waals surface area contributed by atoms with Gasteiger partial charge < -0.3 is 15.3 Å². The molecule has 6 nitrogen and oxygen atoms in total. The van der Waals surface area contributed by atoms with Crippen LogP contribution in [0.4, 0.5) is 4.79 Å². The van der Waals surface area contributed by atoms with Gasteiger partial charge in [0.05, 0.1) is 17.8 Å². The zero-order valence-electron chi connectivity index (χ0n) is 11.2. The van der Waals surface area contributed by atoms with Gasteiger partial charge in [-0.1, -0.05) is 6.92 Å². The molecule has 108 valence electrons. The van der Waals surface area contributed by atoms with Crippen LogP contribution in [-0.2, 0) is 6.54 Å². The van der Waals surface area contributed by atoms with Crippen molar-refractivity contribution in [3.05, 3.63) is 29.6 Å². The van der Waals surface area contributed by atoms with E-state index in [0.717, 1.165) is 18.8 Å². The van der Waals surface area contributed by atoms with Gasteiger partial charge in [-0.3, -0.25) is 4.98 Å². The van der Waals surface area contributed by atoms with Crippen LogP contribution in [0.2, 0.25) is 0 Å². The van der Waals surface area contributed by atoms with Crippen molar-refractivity contribution in [1.29, 1.82) is 0 Å². The summed E-state index contributed by atoms with van der Waals surface area (Å²) in [6.07, 6.45) is 1.44. The normalized spacial score (nSPS) is 18.6. The summed E-state index contributed by atoms with van der Waals surface area (Å²) >= 11 is 1.86. The average Bonchev–Trinajstić information content (AvgIpc) is 2.45. The van der Waals surface area contributed by atoms with Crippen LogP contribution < -0.4 is 5.32 Å². The van der Waals surface area contributed by atoms with Crippen molar-refractivity contribution in [2.75, 3.05) is 18.8 Å². The maximum absolute atomic E-state index is 12.0. The van der Waals surface area contributed by atoms with E-state index in [1.165, 1.54) is 18.3 Å². The van der Waals surface area contributed by atoms with Crippen LogP contribution in [-0.4, -0.2) is 51.1 Å². The Kier molecular flexibility index (Phi) is 4.84. The van der Waals surface area contributed by atoms with Gasteiger partial charge in [0, 0.05) is 30.3 Å². The SMILES string of the molecule is CC1CN(C(=O)NCc2cc(C(=O)O)ccn2)CCS1. The Morgan fingerprint density at radius 3 is 3.10 bits per heavy atom. The van der Waals surface area contributed by atoms with Gasteiger partial charge in [-0.05, 0) is 12.1 Å². The monoisotopic (exact) mass is 295 g/mol. The number of carbonyl (C=O) groups excluding carboxylic acids is 1. The van der Waals surface area contributed by atoms with Gasteiger partial charge in [0.1, 0.15) is 0 Å². The smallest absolute Gasteiger partial charge is 0.335 e. The maximum Gasteiger partial charge on any atom is 0.335 e. The molecule has 2 N–H and O–H groups in total. The summed E-state index contributed by atoms with van der Waals surface area (Å²) in [6.45, 7) is 3.81. The highest BCUT2D eigenvalue weighted by Crippen LogP contribution is 2.17. The zero-order chi connectivity index (χ0) is 14.5. The molecule has 0 spiro atoms. The van der Waals surface area contributed by atoms with Crippen LogP contribution >= 0.6 is 11.8 Å². The fourth-order valence-corrected chi connectivity index (χ4v) is 3.00. The molecule has 1 aliphatic heterocycles. The van der Waals surface area contributed by atoms with E-state index < -0.39 is 5.97 Å². The molecule has 2 amide bonds. The van der Waals surface area contributed by atoms with Gasteiger partial charge in [-0.2, -0.15) is 11.8 Å². The second-order valence-electron chi connectivity index (χ2n) is 4.63. The number of carboxylic acid groups (broad SMARTS) is 1. The molecule has 0 radical (unpaired) electrons. The minimum Gasteiger partial charge on any atom is -0.478 e. The molecule has 2 rings (SSSR count). The van der Waals surface area contributed by atoms with Gasteiger partial charge in [0.25, 0.3) is 0 Å². The van der Waals surface area contributed by atoms with Crippen molar-refractivity contribution in [2.24, 2.45) is 0 Å². The summed E-state index contributed by atoms with van der Waals surface area (Å²) < 4.78 is 0. The Hall–Kier alpha value is -1.76. The molecule has 0 bridgehead atoms. The van der Waals surface area contributed by atoms with E-state index in [1.807, 2.05) is 11.8 Å². The van der Waals surface area contributed by atoms with Crippen LogP contribution in [0, 0.1) is 0 Å². The average molecular weight is 295 g/mol. The van der Waals surface area contributed by atoms with Gasteiger partial charge in [-0.15, -0.1) is 0 Å². The first-order valence-electron chi connectivity index (χ1n) is 6.39. The van der Waals surface area contributed by atoms with E-state index in [1.54, 1.807) is 4.90 Å². The highest BCUT2D eigenvalue weighted by Gasteiger charge is 2.20. The summed E-state index contributed by atoms with van der Waals surface area (Å²) in [6, 6.07) is 2.77. The fraction of sp³-hybridized carbons (Fsp3) is 0.462. The second kappa shape index (κ2) is 6.60. The third-order valence-corrected chi connectivity index (χ3v) is 4.15. The zero-order valence-corrected chi connectivity index (χ0v) is 12.0. The molecular formula is C13H17N3O3S. The number of thioether (sulfide) groups is 1. The minimum absolute atomic E-state index is 0.125. The van der Waals surface area contributed by atoms with E-state index in [4.69, 9.17) is 5.11 Å². The van der Waals surface area contributed by atoms with Gasteiger partial charge in [0.2, 0.25) is 0 Å². The summed E-state index contributed by atoms with van der Waals surface area (Å²) in [5, 5.41) is 12.1. The molecular weight excluding hydrogens is 278 g/mol. The maximum atomic E-state index is 12.0. The van der Waals surface area contributed by atoms with E-state index >= 15 is 0 Å². The van der Waals surface area contributed by atoms with Crippen molar-refractivity contribution in [3.63, 3.8) is 0 Å². The topological polar surface area (TPSA) is 82.5 Å². The minimum atomic E-state index is -0.998. The van der Waals surface area contributed by atoms with Crippen LogP contribution in [0.25, 0.3) is 0 Å². The predicted molar refractivity (Wildman–Crippen MR) is 76.9 cm³/mol. The number of nitrogens with one attached hydrogen (secondary N) is 1. The number of carbonyl (C=O) groups is 2. The van der Waals surface area contributed by atoms with Crippen LogP contribution in [0.1, 0.15) is 23.0 Å². The lowest BCUT2D eigenvalue weighted by atomic mass is 10.2. The number of nitrogens with zero attached hydrogens (tertiary/aromatic N) is 2. The van der Waals surface area contributed by atoms with Crippen LogP contribution in [0.5, 0.6) is 0 Å². The number of aromatic nitrogens is 1. The second-order valence-corrected chi connectivity index (χ2v) is 6.17. The first-order chi connectivity index (χ1) is 9.56. The lowest BCUT2D eigenvalue weighted by Gasteiger charge is -2.30. The molecule has 1 atom stereocenters. The van der Waals surface area contributed by atoms with Crippen molar-refractivity contribution < 1.29 is 14.7 Å². The van der Waals surface area contributed by atoms with Crippen LogP contribution in [0.3, 0.4) is 0 Å². The van der Waals surface area contributed by atoms with Gasteiger partial charge in [-0.25, -0.2) is 9.59 Å². The first kappa shape index (κ1) is 14.6. The summed E-state index contributed by atoms with van der Waals surface area (Å²) in [7, 11) is 0. The number of hydrogen-bond donors (Lipinski definition) is 2. The molecule has 2 heterocycles. The molecule has 1 saturated heterocycles. The molecule has 1 aromatic rings. The molecule has 1 fully saturated rings. The Morgan fingerprint density at radius 2 is 2.40 bits per heavy atom. The Morgan fingerprint density at radius 1 is 1.60 bits per heavy atom. The summed E-state index contributed by atoms with van der Waals surface area (Å²) in [5.41, 5.74) is 0.713. The number of aromatic carboxylic acids is 1. The highest BCUT2D eigenvalue weighted by atomic mass is 32.2. The number of carboxylic acids is 1. The molecule has 1 aromatic heterocycles. The molecule has 1 unspecified atom stereocenters. The lowest BCUT2D eigenvalue weighted by molar-refractivity contribution is 0.0696. The van der Waals surface area contributed by atoms with Crippen molar-refractivity contribution in [1.82, 2.24) is 15.2 Å². The third kappa shape index (κ3) is 3.86. The van der Waals surface area contributed by atoms with Crippen molar-refractivity contribution in [2.45, 2.75) is 18.7 Å². The molecule has 0 aliphatic carbocycles. The van der Waals surface area contributed by atoms with E-state index in [0.29, 0.717) is 10.9 Å². The van der Waals surface area contributed by atoms with E-state index in [-0.39, 0.29) is 18.1 Å². The molecule has 0 saturated carbocycles. The Labute approximate surface area is 121 Å². The standard InChI is InChI=1S/C13H17N3O3S/c1-9-8-16(4-5-20-9)13(19)15-7-11-6-10(12(17)18)2-3-14-11/h2-3,6,9H,4-5,7-8H2,1H3,(H,15,19)(H,17,18). The number of amides is 2. The molecule has 20 heavy (non-hydrogen) atoms. The molecule has 7 heteroatoms. The highest BCUT2D eigenvalue weighted by molar-refractivity contribution is 7.99. The van der Waals surface area contributed by atoms with E-state index in [2.05, 4.69) is 17.2 Å². The number of rotatable bonds is 3. The number of hydrogen-bond acceptors (Lipinski definition) is 4. The third-order valence-electron chi connectivity index (χ3n) is 3.01. The van der Waals surface area contributed by atoms with E-state index in [9.17, 15) is 9.59 Å². The van der Waals surface area contributed by atoms with Crippen LogP contribution in [0.15, 0.2) is 18.3 Å². The Bertz CT molecular complexity index is 509. The molecule has 0 aromatic carbocycles. The fourth-order valence-electron chi connectivity index (χ4n) is 1.99. The van der Waals surface area contributed by atoms with Gasteiger partial charge in [0.15, 0.2) is 0 Å². The molecule has 1 aliphatic rings. The van der Waals surface area contributed by atoms with Gasteiger partial charge >= 0.3 is 12.0 Å². The lowest BCUT2D eigenvalue weighted by Crippen LogP contribution is -2.46. The number of urea groups is 1. The van der Waals surface area contributed by atoms with Crippen molar-refractivity contribution >= 4 is 23.8 Å². The van der Waals surface area contributed by atoms with Crippen molar-refractivity contribution in [3.8, 4) is 0 Å². The largest absolute Gasteiger partial charge is 0.478 e. The number of pyridine rings is 1. The quantitative estimate of drug-likeness (QED) is 0.881. The first-order valence-corrected chi connectivity index (χ1v) is 7.43. The Balaban J connectivity index is 1.89. The summed E-state index contributed by atoms with van der Waals surface area (Å²) in [4.78, 5) is 28.7.